The van der Waals surface area contributed by atoms with E-state index in [9.17, 15) is 9.50 Å². The van der Waals surface area contributed by atoms with Crippen LogP contribution in [0.15, 0.2) is 30.6 Å². The Hall–Kier alpha value is -3.03. The van der Waals surface area contributed by atoms with E-state index in [1.165, 1.54) is 50.2 Å². The molecule has 1 aromatic carbocycles. The van der Waals surface area contributed by atoms with Crippen LogP contribution in [0.5, 0.6) is 5.75 Å². The Morgan fingerprint density at radius 3 is 2.39 bits per heavy atom. The van der Waals surface area contributed by atoms with Crippen LogP contribution in [0.25, 0.3) is 22.4 Å². The predicted octanol–water partition coefficient (Wildman–Crippen LogP) is 5.70. The normalized spacial score (nSPS) is 26.9. The molecule has 1 unspecified atom stereocenters. The molecule has 8 heteroatoms. The maximum absolute atomic E-state index is 15.2. The summed E-state index contributed by atoms with van der Waals surface area (Å²) in [6.45, 7) is 4.69. The highest BCUT2D eigenvalue weighted by Crippen LogP contribution is 2.56. The molecule has 2 aliphatic carbocycles. The summed E-state index contributed by atoms with van der Waals surface area (Å²) in [5.41, 5.74) is 1.41. The minimum atomic E-state index is -0.567. The number of anilines is 1. The number of aromatic nitrogens is 4. The molecule has 2 fully saturated rings. The van der Waals surface area contributed by atoms with Crippen molar-refractivity contribution in [2.45, 2.75) is 58.4 Å². The summed E-state index contributed by atoms with van der Waals surface area (Å²) in [6.07, 6.45) is 9.89. The Kier molecular flexibility index (Phi) is 5.14. The van der Waals surface area contributed by atoms with Crippen molar-refractivity contribution in [2.75, 3.05) is 11.9 Å². The lowest BCUT2D eigenvalue weighted by molar-refractivity contribution is 0.0140. The zero-order chi connectivity index (χ0) is 23.4. The van der Waals surface area contributed by atoms with Crippen molar-refractivity contribution in [3.63, 3.8) is 0 Å². The third-order valence-electron chi connectivity index (χ3n) is 7.65. The topological polar surface area (TPSA) is 77.9 Å². The fraction of sp³-hybridized carbons (Fsp3) is 0.480. The molecule has 0 radical (unpaired) electrons. The van der Waals surface area contributed by atoms with Gasteiger partial charge in [-0.3, -0.25) is 5.10 Å². The molecule has 33 heavy (non-hydrogen) atoms. The number of H-pyrrole nitrogens is 1. The van der Waals surface area contributed by atoms with E-state index in [0.717, 1.165) is 18.9 Å². The van der Waals surface area contributed by atoms with Gasteiger partial charge in [-0.2, -0.15) is 5.10 Å². The number of hydrogen-bond donors (Lipinski definition) is 2. The molecule has 3 aromatic rings. The molecular formula is C25H29F2N5O. The van der Waals surface area contributed by atoms with Gasteiger partial charge in [-0.15, -0.1) is 10.2 Å². The maximum Gasteiger partial charge on any atom is 0.187 e. The van der Waals surface area contributed by atoms with Crippen molar-refractivity contribution in [1.82, 2.24) is 20.4 Å². The number of nitrogens with one attached hydrogen (secondary N) is 1. The third kappa shape index (κ3) is 3.96. The Morgan fingerprint density at radius 2 is 1.76 bits per heavy atom. The molecule has 6 nitrogen and oxygen atoms in total. The van der Waals surface area contributed by atoms with Gasteiger partial charge in [0.1, 0.15) is 11.6 Å². The van der Waals surface area contributed by atoms with Gasteiger partial charge in [0.05, 0.1) is 11.9 Å². The maximum atomic E-state index is 15.2. The van der Waals surface area contributed by atoms with E-state index in [1.807, 2.05) is 11.9 Å². The summed E-state index contributed by atoms with van der Waals surface area (Å²) in [5.74, 6) is -1.12. The van der Waals surface area contributed by atoms with Crippen molar-refractivity contribution in [3.05, 3.63) is 42.2 Å². The van der Waals surface area contributed by atoms with Gasteiger partial charge in [0.2, 0.25) is 0 Å². The fourth-order valence-corrected chi connectivity index (χ4v) is 6.27. The summed E-state index contributed by atoms with van der Waals surface area (Å²) in [5, 5.41) is 25.2. The third-order valence-corrected chi connectivity index (χ3v) is 7.65. The van der Waals surface area contributed by atoms with Gasteiger partial charge in [0.15, 0.2) is 11.6 Å². The molecule has 174 valence electrons. The number of rotatable bonds is 4. The lowest BCUT2D eigenvalue weighted by Gasteiger charge is -2.54. The molecule has 2 aromatic heterocycles. The second kappa shape index (κ2) is 7.78. The van der Waals surface area contributed by atoms with E-state index in [2.05, 4.69) is 34.2 Å². The number of aromatic amines is 1. The van der Waals surface area contributed by atoms with Gasteiger partial charge in [-0.1, -0.05) is 20.3 Å². The van der Waals surface area contributed by atoms with Crippen molar-refractivity contribution in [1.29, 1.82) is 0 Å². The monoisotopic (exact) mass is 453 g/mol. The molecule has 2 heterocycles. The summed E-state index contributed by atoms with van der Waals surface area (Å²) >= 11 is 0. The van der Waals surface area contributed by atoms with Crippen molar-refractivity contribution >= 4 is 5.82 Å². The molecule has 3 atom stereocenters. The molecule has 0 amide bonds. The standard InChI is InChI=1S/C25H29F2N5O/c1-24-5-4-6-25(2,14-24)11-16(10-24)32(3)23-20(27)9-21(30-31-23)18-7-19(26)17(8-22(18)33)15-12-28-29-13-15/h7-9,12-13,16,33H,4-6,10-11,14H2,1-3H3,(H,28,29)/t16?,24-,25+. The van der Waals surface area contributed by atoms with Gasteiger partial charge < -0.3 is 10.0 Å². The highest BCUT2D eigenvalue weighted by molar-refractivity contribution is 5.74. The van der Waals surface area contributed by atoms with Crippen LogP contribution in [0.4, 0.5) is 14.6 Å². The first kappa shape index (κ1) is 21.8. The fourth-order valence-electron chi connectivity index (χ4n) is 6.27. The van der Waals surface area contributed by atoms with E-state index < -0.39 is 11.6 Å². The molecular weight excluding hydrogens is 424 g/mol. The van der Waals surface area contributed by atoms with Gasteiger partial charge in [-0.05, 0) is 55.1 Å². The summed E-state index contributed by atoms with van der Waals surface area (Å²) in [6, 6.07) is 3.84. The highest BCUT2D eigenvalue weighted by atomic mass is 19.1. The van der Waals surface area contributed by atoms with Gasteiger partial charge in [-0.25, -0.2) is 8.78 Å². The van der Waals surface area contributed by atoms with Gasteiger partial charge in [0.25, 0.3) is 0 Å². The first-order valence-corrected chi connectivity index (χ1v) is 11.4. The van der Waals surface area contributed by atoms with Gasteiger partial charge >= 0.3 is 0 Å². The number of fused-ring (bicyclic) bond motifs is 2. The van der Waals surface area contributed by atoms with E-state index in [-0.39, 0.29) is 45.3 Å². The van der Waals surface area contributed by atoms with Crippen LogP contribution in [0.3, 0.4) is 0 Å². The average molecular weight is 454 g/mol. The van der Waals surface area contributed by atoms with E-state index in [1.54, 1.807) is 0 Å². The van der Waals surface area contributed by atoms with Crippen LogP contribution in [-0.2, 0) is 0 Å². The molecule has 0 aliphatic heterocycles. The Morgan fingerprint density at radius 1 is 1.03 bits per heavy atom. The first-order valence-electron chi connectivity index (χ1n) is 11.4. The van der Waals surface area contributed by atoms with Gasteiger partial charge in [0, 0.05) is 42.0 Å². The number of halogens is 2. The zero-order valence-electron chi connectivity index (χ0n) is 19.2. The minimum absolute atomic E-state index is 0.0826. The molecule has 5 rings (SSSR count). The van der Waals surface area contributed by atoms with E-state index >= 15 is 4.39 Å². The molecule has 0 saturated heterocycles. The number of phenols is 1. The Balaban J connectivity index is 1.43. The van der Waals surface area contributed by atoms with Crippen LogP contribution < -0.4 is 4.90 Å². The van der Waals surface area contributed by atoms with E-state index in [0.29, 0.717) is 5.56 Å². The molecule has 2 saturated carbocycles. The van der Waals surface area contributed by atoms with Crippen molar-refractivity contribution in [3.8, 4) is 28.1 Å². The van der Waals surface area contributed by atoms with Crippen LogP contribution in [-0.4, -0.2) is 38.6 Å². The van der Waals surface area contributed by atoms with Crippen LogP contribution in [0, 0.1) is 22.5 Å². The lowest BCUT2D eigenvalue weighted by atomic mass is 9.55. The number of nitrogens with zero attached hydrogens (tertiary/aromatic N) is 4. The SMILES string of the molecule is CN(c1nnc(-c2cc(F)c(-c3cn[nH]c3)cc2O)cc1F)C1C[C@]2(C)CCC[C@](C)(C1)C2. The molecule has 2 aliphatic rings. The van der Waals surface area contributed by atoms with Crippen molar-refractivity contribution in [2.24, 2.45) is 10.8 Å². The smallest absolute Gasteiger partial charge is 0.187 e. The average Bonchev–Trinajstić information content (AvgIpc) is 3.27. The Bertz CT molecular complexity index is 1170. The summed E-state index contributed by atoms with van der Waals surface area (Å²) < 4.78 is 29.9. The zero-order valence-corrected chi connectivity index (χ0v) is 19.2. The molecule has 0 spiro atoms. The number of hydrogen-bond acceptors (Lipinski definition) is 5. The van der Waals surface area contributed by atoms with Crippen LogP contribution >= 0.6 is 0 Å². The predicted molar refractivity (Wildman–Crippen MR) is 123 cm³/mol. The highest BCUT2D eigenvalue weighted by Gasteiger charge is 2.47. The van der Waals surface area contributed by atoms with Crippen LogP contribution in [0.1, 0.15) is 52.4 Å². The summed E-state index contributed by atoms with van der Waals surface area (Å²) in [7, 11) is 1.88. The second-order valence-corrected chi connectivity index (χ2v) is 10.6. The van der Waals surface area contributed by atoms with Crippen molar-refractivity contribution < 1.29 is 13.9 Å². The number of aromatic hydroxyl groups is 1. The van der Waals surface area contributed by atoms with E-state index in [4.69, 9.17) is 0 Å². The Labute approximate surface area is 192 Å². The largest absolute Gasteiger partial charge is 0.507 e. The number of phenolic OH excluding ortho intramolecular Hbond substituents is 1. The molecule has 2 bridgehead atoms. The molecule has 2 N–H and O–H groups in total. The quantitative estimate of drug-likeness (QED) is 0.530. The lowest BCUT2D eigenvalue weighted by Crippen LogP contribution is -2.49. The first-order chi connectivity index (χ1) is 15.7. The number of benzene rings is 1. The minimum Gasteiger partial charge on any atom is -0.507 e. The summed E-state index contributed by atoms with van der Waals surface area (Å²) in [4.78, 5) is 1.91. The van der Waals surface area contributed by atoms with Crippen LogP contribution in [0.2, 0.25) is 0 Å². The second-order valence-electron chi connectivity index (χ2n) is 10.6.